The summed E-state index contributed by atoms with van der Waals surface area (Å²) >= 11 is 0. The number of hydrogen-bond donors (Lipinski definition) is 0. The molecule has 4 aromatic carbocycles. The van der Waals surface area contributed by atoms with Crippen molar-refractivity contribution < 1.29 is 38.1 Å². The van der Waals surface area contributed by atoms with Crippen LogP contribution in [0.1, 0.15) is 51.0 Å². The maximum atomic E-state index is 12.3. The monoisotopic (exact) mass is 488 g/mol. The van der Waals surface area contributed by atoms with Crippen LogP contribution in [0.3, 0.4) is 0 Å². The molecule has 0 unspecified atom stereocenters. The van der Waals surface area contributed by atoms with Gasteiger partial charge >= 0.3 is 23.9 Å². The van der Waals surface area contributed by atoms with Crippen molar-refractivity contribution in [2.75, 3.05) is 0 Å². The van der Waals surface area contributed by atoms with Gasteiger partial charge in [0.15, 0.2) is 24.4 Å². The third-order valence-electron chi connectivity index (χ3n) is 6.42. The molecule has 0 amide bonds. The summed E-state index contributed by atoms with van der Waals surface area (Å²) in [6.07, 6.45) is -4.69. The number of benzene rings is 4. The first-order valence-corrected chi connectivity index (χ1v) is 11.5. The standard InChI is InChI=1S/C28H24O8/c1-13(29)33-25-21-12-19-9-8-17-6-5-7-18-10-11-20(23(19)22(17)18)24(21)26(34-14(2)30)28(36-16(4)32)27(25)35-15(3)31/h5-12,25-28H,1-4H3/t25-,26+,27+,28-/m1/s1. The zero-order valence-electron chi connectivity index (χ0n) is 20.2. The molecule has 0 aromatic heterocycles. The van der Waals surface area contributed by atoms with E-state index in [0.717, 1.165) is 32.3 Å². The normalized spacial score (nSPS) is 21.2. The van der Waals surface area contributed by atoms with E-state index in [9.17, 15) is 19.2 Å². The zero-order valence-corrected chi connectivity index (χ0v) is 20.2. The number of fused-ring (bicyclic) bond motifs is 2. The van der Waals surface area contributed by atoms with Gasteiger partial charge in [-0.05, 0) is 38.4 Å². The maximum absolute atomic E-state index is 12.3. The molecule has 0 aliphatic heterocycles. The number of carbonyl (C=O) groups excluding carboxylic acids is 4. The van der Waals surface area contributed by atoms with E-state index >= 15 is 0 Å². The van der Waals surface area contributed by atoms with Crippen LogP contribution in [0.4, 0.5) is 0 Å². The number of rotatable bonds is 4. The van der Waals surface area contributed by atoms with Crippen LogP contribution in [0.15, 0.2) is 48.5 Å². The Labute approximate surface area is 206 Å². The third-order valence-corrected chi connectivity index (χ3v) is 6.42. The molecule has 5 rings (SSSR count). The van der Waals surface area contributed by atoms with Crippen molar-refractivity contribution in [1.82, 2.24) is 0 Å². The molecular weight excluding hydrogens is 464 g/mol. The minimum Gasteiger partial charge on any atom is -0.454 e. The average Bonchev–Trinajstić information content (AvgIpc) is 2.80. The second-order valence-electron chi connectivity index (χ2n) is 8.94. The summed E-state index contributed by atoms with van der Waals surface area (Å²) in [5, 5.41) is 5.68. The SMILES string of the molecule is CC(=O)O[C@@H]1[C@H](OC(C)=O)[C@@H](OC(C)=O)c2c(cc3ccc4cccc5ccc2c3c45)[C@H]1OC(C)=O. The van der Waals surface area contributed by atoms with Gasteiger partial charge in [-0.3, -0.25) is 19.2 Å². The van der Waals surface area contributed by atoms with Crippen molar-refractivity contribution >= 4 is 56.2 Å². The number of esters is 4. The van der Waals surface area contributed by atoms with E-state index in [4.69, 9.17) is 18.9 Å². The number of ether oxygens (including phenoxy) is 4. The molecule has 0 N–H and O–H groups in total. The van der Waals surface area contributed by atoms with Gasteiger partial charge in [0.25, 0.3) is 0 Å². The highest BCUT2D eigenvalue weighted by Crippen LogP contribution is 2.49. The topological polar surface area (TPSA) is 105 Å². The Morgan fingerprint density at radius 3 is 1.67 bits per heavy atom. The minimum atomic E-state index is -1.24. The predicted octanol–water partition coefficient (Wildman–Crippen LogP) is 4.67. The van der Waals surface area contributed by atoms with Crippen LogP contribution in [-0.4, -0.2) is 36.1 Å². The lowest BCUT2D eigenvalue weighted by Gasteiger charge is -2.42. The zero-order chi connectivity index (χ0) is 25.7. The molecular formula is C28H24O8. The quantitative estimate of drug-likeness (QED) is 0.232. The molecule has 8 nitrogen and oxygen atoms in total. The van der Waals surface area contributed by atoms with Crippen molar-refractivity contribution in [2.45, 2.75) is 52.1 Å². The first-order chi connectivity index (χ1) is 17.2. The Morgan fingerprint density at radius 1 is 0.583 bits per heavy atom. The highest BCUT2D eigenvalue weighted by Gasteiger charge is 2.51. The summed E-state index contributed by atoms with van der Waals surface area (Å²) in [7, 11) is 0. The van der Waals surface area contributed by atoms with Crippen LogP contribution >= 0.6 is 0 Å². The van der Waals surface area contributed by atoms with E-state index in [1.807, 2.05) is 48.5 Å². The molecule has 0 fully saturated rings. The Morgan fingerprint density at radius 2 is 1.08 bits per heavy atom. The lowest BCUT2D eigenvalue weighted by molar-refractivity contribution is -0.204. The van der Waals surface area contributed by atoms with Crippen molar-refractivity contribution in [2.24, 2.45) is 0 Å². The average molecular weight is 488 g/mol. The van der Waals surface area contributed by atoms with Gasteiger partial charge in [-0.25, -0.2) is 0 Å². The fourth-order valence-electron chi connectivity index (χ4n) is 5.35. The van der Waals surface area contributed by atoms with Crippen LogP contribution < -0.4 is 0 Å². The Balaban J connectivity index is 1.89. The van der Waals surface area contributed by atoms with E-state index in [2.05, 4.69) is 0 Å². The fourth-order valence-corrected chi connectivity index (χ4v) is 5.35. The van der Waals surface area contributed by atoms with Gasteiger partial charge in [-0.2, -0.15) is 0 Å². The molecule has 0 bridgehead atoms. The molecule has 0 radical (unpaired) electrons. The first-order valence-electron chi connectivity index (χ1n) is 11.5. The van der Waals surface area contributed by atoms with Gasteiger partial charge in [0.2, 0.25) is 0 Å². The summed E-state index contributed by atoms with van der Waals surface area (Å²) in [5.74, 6) is -2.56. The summed E-state index contributed by atoms with van der Waals surface area (Å²) in [6.45, 7) is 4.90. The van der Waals surface area contributed by atoms with Crippen LogP contribution in [0.2, 0.25) is 0 Å². The first kappa shape index (κ1) is 23.5. The highest BCUT2D eigenvalue weighted by atomic mass is 16.6. The summed E-state index contributed by atoms with van der Waals surface area (Å²) in [4.78, 5) is 48.7. The van der Waals surface area contributed by atoms with Gasteiger partial charge in [0.1, 0.15) is 0 Å². The van der Waals surface area contributed by atoms with Crippen molar-refractivity contribution in [3.05, 3.63) is 59.7 Å². The van der Waals surface area contributed by atoms with Crippen LogP contribution in [0.25, 0.3) is 32.3 Å². The minimum absolute atomic E-state index is 0.511. The van der Waals surface area contributed by atoms with Gasteiger partial charge < -0.3 is 18.9 Å². The molecule has 36 heavy (non-hydrogen) atoms. The van der Waals surface area contributed by atoms with E-state index in [0.29, 0.717) is 11.1 Å². The highest BCUT2D eigenvalue weighted by molar-refractivity contribution is 6.24. The smallest absolute Gasteiger partial charge is 0.303 e. The molecule has 0 spiro atoms. The predicted molar refractivity (Wildman–Crippen MR) is 130 cm³/mol. The van der Waals surface area contributed by atoms with Crippen molar-refractivity contribution in [3.8, 4) is 0 Å². The van der Waals surface area contributed by atoms with E-state index < -0.39 is 48.3 Å². The summed E-state index contributed by atoms with van der Waals surface area (Å²) in [6, 6.07) is 15.7. The van der Waals surface area contributed by atoms with Gasteiger partial charge in [0, 0.05) is 38.8 Å². The molecule has 184 valence electrons. The molecule has 4 atom stereocenters. The van der Waals surface area contributed by atoms with E-state index in [-0.39, 0.29) is 0 Å². The summed E-state index contributed by atoms with van der Waals surface area (Å²) in [5.41, 5.74) is 1.05. The lowest BCUT2D eigenvalue weighted by Crippen LogP contribution is -2.48. The van der Waals surface area contributed by atoms with Crippen molar-refractivity contribution in [1.29, 1.82) is 0 Å². The van der Waals surface area contributed by atoms with Gasteiger partial charge in [-0.15, -0.1) is 0 Å². The Kier molecular flexibility index (Phi) is 5.74. The molecule has 0 saturated heterocycles. The van der Waals surface area contributed by atoms with Gasteiger partial charge in [-0.1, -0.05) is 42.5 Å². The second-order valence-corrected chi connectivity index (χ2v) is 8.94. The molecule has 1 aliphatic carbocycles. The number of hydrogen-bond acceptors (Lipinski definition) is 8. The van der Waals surface area contributed by atoms with E-state index in [1.165, 1.54) is 27.7 Å². The molecule has 0 saturated carbocycles. The van der Waals surface area contributed by atoms with Crippen LogP contribution in [0.5, 0.6) is 0 Å². The lowest BCUT2D eigenvalue weighted by atomic mass is 9.78. The number of carbonyl (C=O) groups is 4. The largest absolute Gasteiger partial charge is 0.454 e. The Bertz CT molecular complexity index is 1520. The van der Waals surface area contributed by atoms with Gasteiger partial charge in [0.05, 0.1) is 0 Å². The molecule has 4 aromatic rings. The fraction of sp³-hybridized carbons (Fsp3) is 0.286. The maximum Gasteiger partial charge on any atom is 0.303 e. The molecule has 8 heteroatoms. The van der Waals surface area contributed by atoms with Crippen molar-refractivity contribution in [3.63, 3.8) is 0 Å². The van der Waals surface area contributed by atoms with Crippen LogP contribution in [0, 0.1) is 0 Å². The molecule has 0 heterocycles. The van der Waals surface area contributed by atoms with E-state index in [1.54, 1.807) is 0 Å². The second kappa shape index (κ2) is 8.78. The third kappa shape index (κ3) is 3.88. The molecule has 1 aliphatic rings. The summed E-state index contributed by atoms with van der Waals surface area (Å²) < 4.78 is 22.6. The van der Waals surface area contributed by atoms with Crippen LogP contribution in [-0.2, 0) is 38.1 Å². The Hall–Kier alpha value is -4.20.